The number of halogens is 3. The Morgan fingerprint density at radius 1 is 1.11 bits per heavy atom. The van der Waals surface area contributed by atoms with Crippen molar-refractivity contribution < 1.29 is 18.6 Å². The highest BCUT2D eigenvalue weighted by atomic mass is 35.5. The zero-order valence-electron chi connectivity index (χ0n) is 9.87. The first-order chi connectivity index (χ1) is 9.11. The molecular weight excluding hydrogens is 274 g/mol. The van der Waals surface area contributed by atoms with Crippen molar-refractivity contribution in [2.45, 2.75) is 13.2 Å². The number of ether oxygens (including phenoxy) is 1. The van der Waals surface area contributed by atoms with Crippen molar-refractivity contribution >= 4 is 11.6 Å². The van der Waals surface area contributed by atoms with Crippen LogP contribution in [0.5, 0.6) is 5.75 Å². The third-order valence-corrected chi connectivity index (χ3v) is 3.02. The van der Waals surface area contributed by atoms with Crippen LogP contribution >= 0.6 is 11.6 Å². The summed E-state index contributed by atoms with van der Waals surface area (Å²) < 4.78 is 32.0. The first-order valence-corrected chi connectivity index (χ1v) is 5.94. The average Bonchev–Trinajstić information content (AvgIpc) is 2.41. The Hall–Kier alpha value is -1.65. The first kappa shape index (κ1) is 13.8. The molecule has 2 rings (SSSR count). The summed E-state index contributed by atoms with van der Waals surface area (Å²) in [5, 5.41) is 8.83. The normalized spacial score (nSPS) is 10.5. The van der Waals surface area contributed by atoms with Gasteiger partial charge in [0.2, 0.25) is 0 Å². The van der Waals surface area contributed by atoms with E-state index in [1.165, 1.54) is 24.3 Å². The molecule has 0 unspecified atom stereocenters. The van der Waals surface area contributed by atoms with Gasteiger partial charge in [-0.2, -0.15) is 0 Å². The summed E-state index contributed by atoms with van der Waals surface area (Å²) in [7, 11) is 0. The lowest BCUT2D eigenvalue weighted by molar-refractivity contribution is 0.276. The van der Waals surface area contributed by atoms with E-state index in [1.807, 2.05) is 0 Å². The summed E-state index contributed by atoms with van der Waals surface area (Å²) in [6.45, 7) is -0.279. The Labute approximate surface area is 114 Å². The molecule has 0 aliphatic carbocycles. The molecule has 100 valence electrons. The summed E-state index contributed by atoms with van der Waals surface area (Å²) in [4.78, 5) is 0. The highest BCUT2D eigenvalue weighted by Crippen LogP contribution is 2.23. The largest absolute Gasteiger partial charge is 0.486 e. The third-order valence-electron chi connectivity index (χ3n) is 2.59. The van der Waals surface area contributed by atoms with E-state index >= 15 is 0 Å². The molecule has 1 N–H and O–H groups in total. The Kier molecular flexibility index (Phi) is 4.35. The van der Waals surface area contributed by atoms with E-state index in [2.05, 4.69) is 0 Å². The van der Waals surface area contributed by atoms with E-state index in [4.69, 9.17) is 21.4 Å². The molecule has 0 radical (unpaired) electrons. The van der Waals surface area contributed by atoms with Crippen molar-refractivity contribution in [3.63, 3.8) is 0 Å². The predicted molar refractivity (Wildman–Crippen MR) is 68.1 cm³/mol. The van der Waals surface area contributed by atoms with Gasteiger partial charge in [0, 0.05) is 5.56 Å². The molecule has 0 saturated carbocycles. The maximum Gasteiger partial charge on any atom is 0.165 e. The second-order valence-corrected chi connectivity index (χ2v) is 4.30. The van der Waals surface area contributed by atoms with Gasteiger partial charge in [-0.3, -0.25) is 0 Å². The molecule has 0 fully saturated rings. The highest BCUT2D eigenvalue weighted by molar-refractivity contribution is 6.31. The van der Waals surface area contributed by atoms with E-state index in [1.54, 1.807) is 12.1 Å². The first-order valence-electron chi connectivity index (χ1n) is 5.57. The molecule has 0 bridgehead atoms. The Morgan fingerprint density at radius 2 is 1.89 bits per heavy atom. The molecule has 0 aliphatic heterocycles. The number of hydrogen-bond donors (Lipinski definition) is 1. The van der Waals surface area contributed by atoms with Crippen molar-refractivity contribution in [1.82, 2.24) is 0 Å². The van der Waals surface area contributed by atoms with Crippen LogP contribution in [0, 0.1) is 11.6 Å². The maximum absolute atomic E-state index is 13.6. The van der Waals surface area contributed by atoms with Gasteiger partial charge in [0.05, 0.1) is 11.6 Å². The minimum atomic E-state index is -0.584. The van der Waals surface area contributed by atoms with Crippen LogP contribution in [0.1, 0.15) is 11.1 Å². The molecule has 0 aliphatic rings. The quantitative estimate of drug-likeness (QED) is 0.928. The number of aliphatic hydroxyl groups is 1. The van der Waals surface area contributed by atoms with Gasteiger partial charge in [0.25, 0.3) is 0 Å². The number of aliphatic hydroxyl groups excluding tert-OH is 1. The van der Waals surface area contributed by atoms with Gasteiger partial charge in [-0.05, 0) is 23.8 Å². The summed E-state index contributed by atoms with van der Waals surface area (Å²) >= 11 is 5.77. The minimum absolute atomic E-state index is 0.0255. The van der Waals surface area contributed by atoms with Gasteiger partial charge in [-0.1, -0.05) is 29.8 Å². The van der Waals surface area contributed by atoms with Gasteiger partial charge in [0.15, 0.2) is 11.6 Å². The lowest BCUT2D eigenvalue weighted by Crippen LogP contribution is -1.99. The van der Waals surface area contributed by atoms with E-state index < -0.39 is 11.6 Å². The standard InChI is InChI=1S/C14H11ClF2O2/c15-14-10(2-1-3-11(14)16)8-19-13-5-4-9(7-18)6-12(13)17/h1-6,18H,7-8H2. The molecule has 19 heavy (non-hydrogen) atoms. The molecule has 0 aromatic heterocycles. The topological polar surface area (TPSA) is 29.5 Å². The molecule has 2 nitrogen and oxygen atoms in total. The van der Waals surface area contributed by atoms with Crippen LogP contribution in [0.4, 0.5) is 8.78 Å². The maximum atomic E-state index is 13.6. The van der Waals surface area contributed by atoms with Crippen molar-refractivity contribution in [3.05, 3.63) is 64.2 Å². The second kappa shape index (κ2) is 5.99. The predicted octanol–water partition coefficient (Wildman–Crippen LogP) is 3.69. The van der Waals surface area contributed by atoms with E-state index in [9.17, 15) is 8.78 Å². The Bertz CT molecular complexity index is 588. The van der Waals surface area contributed by atoms with E-state index in [-0.39, 0.29) is 24.0 Å². The lowest BCUT2D eigenvalue weighted by Gasteiger charge is -2.09. The summed E-state index contributed by atoms with van der Waals surface area (Å²) in [6, 6.07) is 8.49. The molecule has 0 heterocycles. The van der Waals surface area contributed by atoms with E-state index in [0.29, 0.717) is 11.1 Å². The number of hydrogen-bond acceptors (Lipinski definition) is 2. The molecule has 0 spiro atoms. The van der Waals surface area contributed by atoms with Crippen molar-refractivity contribution in [2.75, 3.05) is 0 Å². The molecule has 5 heteroatoms. The zero-order chi connectivity index (χ0) is 13.8. The fourth-order valence-electron chi connectivity index (χ4n) is 1.58. The van der Waals surface area contributed by atoms with Crippen LogP contribution in [0.3, 0.4) is 0 Å². The van der Waals surface area contributed by atoms with Crippen LogP contribution in [-0.4, -0.2) is 5.11 Å². The van der Waals surface area contributed by atoms with Crippen molar-refractivity contribution in [2.24, 2.45) is 0 Å². The summed E-state index contributed by atoms with van der Waals surface area (Å²) in [5.41, 5.74) is 0.890. The van der Waals surface area contributed by atoms with Crippen LogP contribution in [0.2, 0.25) is 5.02 Å². The van der Waals surface area contributed by atoms with Crippen LogP contribution < -0.4 is 4.74 Å². The molecular formula is C14H11ClF2O2. The molecule has 2 aromatic carbocycles. The average molecular weight is 285 g/mol. The molecule has 0 amide bonds. The highest BCUT2D eigenvalue weighted by Gasteiger charge is 2.09. The SMILES string of the molecule is OCc1ccc(OCc2cccc(F)c2Cl)c(F)c1. The van der Waals surface area contributed by atoms with Crippen LogP contribution in [0.25, 0.3) is 0 Å². The Balaban J connectivity index is 2.12. The van der Waals surface area contributed by atoms with Crippen LogP contribution in [-0.2, 0) is 13.2 Å². The molecule has 0 atom stereocenters. The fourth-order valence-corrected chi connectivity index (χ4v) is 1.76. The minimum Gasteiger partial charge on any atom is -0.486 e. The smallest absolute Gasteiger partial charge is 0.165 e. The fraction of sp³-hybridized carbons (Fsp3) is 0.143. The number of rotatable bonds is 4. The summed E-state index contributed by atoms with van der Waals surface area (Å²) in [5.74, 6) is -1.10. The van der Waals surface area contributed by atoms with Crippen LogP contribution in [0.15, 0.2) is 36.4 Å². The van der Waals surface area contributed by atoms with Gasteiger partial charge < -0.3 is 9.84 Å². The lowest BCUT2D eigenvalue weighted by atomic mass is 10.2. The Morgan fingerprint density at radius 3 is 2.58 bits per heavy atom. The monoisotopic (exact) mass is 284 g/mol. The van der Waals surface area contributed by atoms with Gasteiger partial charge in [0.1, 0.15) is 12.4 Å². The zero-order valence-corrected chi connectivity index (χ0v) is 10.6. The van der Waals surface area contributed by atoms with Gasteiger partial charge in [-0.25, -0.2) is 8.78 Å². The van der Waals surface area contributed by atoms with Gasteiger partial charge >= 0.3 is 0 Å². The van der Waals surface area contributed by atoms with Gasteiger partial charge in [-0.15, -0.1) is 0 Å². The number of benzene rings is 2. The third kappa shape index (κ3) is 3.22. The molecule has 0 saturated heterocycles. The van der Waals surface area contributed by atoms with E-state index in [0.717, 1.165) is 0 Å². The van der Waals surface area contributed by atoms with Crippen molar-refractivity contribution in [3.8, 4) is 5.75 Å². The molecule has 2 aromatic rings. The summed E-state index contributed by atoms with van der Waals surface area (Å²) in [6.07, 6.45) is 0. The second-order valence-electron chi connectivity index (χ2n) is 3.92. The van der Waals surface area contributed by atoms with Crippen molar-refractivity contribution in [1.29, 1.82) is 0 Å².